The molecule has 0 radical (unpaired) electrons. The maximum absolute atomic E-state index is 4.75. The van der Waals surface area contributed by atoms with Crippen molar-refractivity contribution in [2.24, 2.45) is 10.9 Å². The highest BCUT2D eigenvalue weighted by Crippen LogP contribution is 2.18. The van der Waals surface area contributed by atoms with E-state index < -0.39 is 0 Å². The van der Waals surface area contributed by atoms with Crippen LogP contribution in [0.1, 0.15) is 41.5 Å². The second-order valence-corrected chi connectivity index (χ2v) is 6.56. The van der Waals surface area contributed by atoms with Gasteiger partial charge in [-0.05, 0) is 39.8 Å². The molecule has 1 saturated heterocycles. The topological polar surface area (TPSA) is 42.9 Å². The molecule has 2 N–H and O–H groups in total. The molecule has 130 valence electrons. The van der Waals surface area contributed by atoms with Gasteiger partial charge in [0, 0.05) is 38.3 Å². The number of nitrogens with one attached hydrogen (secondary N) is 2. The summed E-state index contributed by atoms with van der Waals surface area (Å²) in [6.07, 6.45) is 0. The number of nitrogens with zero attached hydrogens (tertiary/aromatic N) is 3. The van der Waals surface area contributed by atoms with Gasteiger partial charge in [-0.3, -0.25) is 9.89 Å². The summed E-state index contributed by atoms with van der Waals surface area (Å²) in [5.74, 6) is 1.63. The predicted octanol–water partition coefficient (Wildman–Crippen LogP) is 1.61. The van der Waals surface area contributed by atoms with Crippen LogP contribution < -0.4 is 10.6 Å². The molecule has 2 unspecified atom stereocenters. The number of hydrogen-bond donors (Lipinski definition) is 2. The number of likely N-dealkylation sites (tertiary alicyclic amines) is 1. The standard InChI is InChI=1S/C17H37N5/c1-7-18-17(19-10-11-21(8-2)9-3)20-16-13-22(14(4)5)12-15(16)6/h14-16H,7-13H2,1-6H3,(H2,18,19,20). The average Bonchev–Trinajstić information content (AvgIpc) is 2.85. The zero-order valence-electron chi connectivity index (χ0n) is 15.5. The highest BCUT2D eigenvalue weighted by molar-refractivity contribution is 5.80. The van der Waals surface area contributed by atoms with E-state index in [1.54, 1.807) is 0 Å². The van der Waals surface area contributed by atoms with Crippen LogP contribution in [0.25, 0.3) is 0 Å². The van der Waals surface area contributed by atoms with Crippen LogP contribution in [0.4, 0.5) is 0 Å². The molecular formula is C17H37N5. The van der Waals surface area contributed by atoms with Crippen LogP contribution in [-0.4, -0.2) is 73.7 Å². The quantitative estimate of drug-likeness (QED) is 0.528. The van der Waals surface area contributed by atoms with E-state index in [4.69, 9.17) is 4.99 Å². The van der Waals surface area contributed by atoms with E-state index in [1.807, 2.05) is 0 Å². The number of likely N-dealkylation sites (N-methyl/N-ethyl adjacent to an activating group) is 1. The van der Waals surface area contributed by atoms with Crippen LogP contribution in [-0.2, 0) is 0 Å². The summed E-state index contributed by atoms with van der Waals surface area (Å²) in [4.78, 5) is 9.70. The number of hydrogen-bond acceptors (Lipinski definition) is 3. The Balaban J connectivity index is 2.52. The minimum atomic E-state index is 0.494. The summed E-state index contributed by atoms with van der Waals surface area (Å²) in [6.45, 7) is 20.7. The molecule has 22 heavy (non-hydrogen) atoms. The largest absolute Gasteiger partial charge is 0.357 e. The van der Waals surface area contributed by atoms with Gasteiger partial charge in [-0.15, -0.1) is 0 Å². The second-order valence-electron chi connectivity index (χ2n) is 6.56. The summed E-state index contributed by atoms with van der Waals surface area (Å²) in [5, 5.41) is 7.03. The molecular weight excluding hydrogens is 274 g/mol. The normalized spacial score (nSPS) is 23.5. The van der Waals surface area contributed by atoms with Crippen LogP contribution in [0, 0.1) is 5.92 Å². The fourth-order valence-electron chi connectivity index (χ4n) is 2.95. The molecule has 5 heteroatoms. The minimum absolute atomic E-state index is 0.494. The van der Waals surface area contributed by atoms with Gasteiger partial charge < -0.3 is 15.5 Å². The number of rotatable bonds is 8. The first-order valence-corrected chi connectivity index (χ1v) is 9.02. The first-order chi connectivity index (χ1) is 10.5. The lowest BCUT2D eigenvalue weighted by Crippen LogP contribution is -2.47. The van der Waals surface area contributed by atoms with Crippen LogP contribution in [0.2, 0.25) is 0 Å². The van der Waals surface area contributed by atoms with Gasteiger partial charge in [0.05, 0.1) is 6.54 Å². The minimum Gasteiger partial charge on any atom is -0.357 e. The van der Waals surface area contributed by atoms with Gasteiger partial charge >= 0.3 is 0 Å². The molecule has 0 bridgehead atoms. The van der Waals surface area contributed by atoms with Crippen molar-refractivity contribution in [2.45, 2.75) is 53.6 Å². The summed E-state index contributed by atoms with van der Waals surface area (Å²) in [6, 6.07) is 1.12. The Labute approximate surface area is 137 Å². The molecule has 5 nitrogen and oxygen atoms in total. The molecule has 1 aliphatic heterocycles. The van der Waals surface area contributed by atoms with Gasteiger partial charge in [0.25, 0.3) is 0 Å². The molecule has 1 rings (SSSR count). The molecule has 2 atom stereocenters. The fraction of sp³-hybridized carbons (Fsp3) is 0.941. The van der Waals surface area contributed by atoms with Gasteiger partial charge in [0.15, 0.2) is 5.96 Å². The SMILES string of the molecule is CCNC(=NCCN(CC)CC)NC1CN(C(C)C)CC1C. The van der Waals surface area contributed by atoms with Crippen molar-refractivity contribution in [3.05, 3.63) is 0 Å². The fourth-order valence-corrected chi connectivity index (χ4v) is 2.95. The third-order valence-corrected chi connectivity index (χ3v) is 4.62. The maximum atomic E-state index is 4.75. The molecule has 0 aromatic heterocycles. The molecule has 1 aliphatic rings. The van der Waals surface area contributed by atoms with E-state index in [1.165, 1.54) is 6.54 Å². The Morgan fingerprint density at radius 3 is 2.41 bits per heavy atom. The van der Waals surface area contributed by atoms with E-state index in [0.29, 0.717) is 18.0 Å². The second kappa shape index (κ2) is 10.1. The zero-order valence-corrected chi connectivity index (χ0v) is 15.5. The van der Waals surface area contributed by atoms with Crippen molar-refractivity contribution in [3.63, 3.8) is 0 Å². The first kappa shape index (κ1) is 19.2. The highest BCUT2D eigenvalue weighted by Gasteiger charge is 2.31. The van der Waals surface area contributed by atoms with E-state index >= 15 is 0 Å². The van der Waals surface area contributed by atoms with E-state index in [9.17, 15) is 0 Å². The van der Waals surface area contributed by atoms with Gasteiger partial charge in [-0.1, -0.05) is 20.8 Å². The van der Waals surface area contributed by atoms with E-state index in [-0.39, 0.29) is 0 Å². The van der Waals surface area contributed by atoms with Crippen molar-refractivity contribution in [2.75, 3.05) is 45.8 Å². The highest BCUT2D eigenvalue weighted by atomic mass is 15.3. The zero-order chi connectivity index (χ0) is 16.5. The Bertz CT molecular complexity index is 325. The van der Waals surface area contributed by atoms with Gasteiger partial charge in [0.2, 0.25) is 0 Å². The van der Waals surface area contributed by atoms with Crippen LogP contribution in [0.5, 0.6) is 0 Å². The third kappa shape index (κ3) is 6.13. The van der Waals surface area contributed by atoms with Crippen LogP contribution >= 0.6 is 0 Å². The number of guanidine groups is 1. The predicted molar refractivity (Wildman–Crippen MR) is 96.6 cm³/mol. The molecule has 1 heterocycles. The molecule has 0 saturated carbocycles. The Hall–Kier alpha value is -0.810. The van der Waals surface area contributed by atoms with Crippen molar-refractivity contribution in [3.8, 4) is 0 Å². The van der Waals surface area contributed by atoms with Gasteiger partial charge in [-0.25, -0.2) is 0 Å². The van der Waals surface area contributed by atoms with Crippen molar-refractivity contribution >= 4 is 5.96 Å². The van der Waals surface area contributed by atoms with Crippen LogP contribution in [0.15, 0.2) is 4.99 Å². The lowest BCUT2D eigenvalue weighted by Gasteiger charge is -2.22. The molecule has 0 aromatic rings. The van der Waals surface area contributed by atoms with Crippen molar-refractivity contribution in [1.82, 2.24) is 20.4 Å². The first-order valence-electron chi connectivity index (χ1n) is 9.02. The van der Waals surface area contributed by atoms with Crippen molar-refractivity contribution in [1.29, 1.82) is 0 Å². The number of aliphatic imine (C=N–C) groups is 1. The van der Waals surface area contributed by atoms with Crippen molar-refractivity contribution < 1.29 is 0 Å². The summed E-state index contributed by atoms with van der Waals surface area (Å²) < 4.78 is 0. The summed E-state index contributed by atoms with van der Waals surface area (Å²) in [7, 11) is 0. The van der Waals surface area contributed by atoms with Gasteiger partial charge in [-0.2, -0.15) is 0 Å². The Kier molecular flexibility index (Phi) is 8.79. The monoisotopic (exact) mass is 311 g/mol. The maximum Gasteiger partial charge on any atom is 0.191 e. The summed E-state index contributed by atoms with van der Waals surface area (Å²) >= 11 is 0. The lowest BCUT2D eigenvalue weighted by molar-refractivity contribution is 0.265. The summed E-state index contributed by atoms with van der Waals surface area (Å²) in [5.41, 5.74) is 0. The molecule has 0 spiro atoms. The molecule has 1 fully saturated rings. The molecule has 0 amide bonds. The van der Waals surface area contributed by atoms with Gasteiger partial charge in [0.1, 0.15) is 0 Å². The van der Waals surface area contributed by atoms with E-state index in [0.717, 1.165) is 45.2 Å². The molecule has 0 aromatic carbocycles. The third-order valence-electron chi connectivity index (χ3n) is 4.62. The average molecular weight is 312 g/mol. The Morgan fingerprint density at radius 1 is 1.23 bits per heavy atom. The molecule has 0 aliphatic carbocycles. The van der Waals surface area contributed by atoms with E-state index in [2.05, 4.69) is 62.0 Å². The Morgan fingerprint density at radius 2 is 1.91 bits per heavy atom. The smallest absolute Gasteiger partial charge is 0.191 e. The lowest BCUT2D eigenvalue weighted by atomic mass is 10.1. The van der Waals surface area contributed by atoms with Crippen LogP contribution in [0.3, 0.4) is 0 Å².